The summed E-state index contributed by atoms with van der Waals surface area (Å²) in [5, 5.41) is 12.9. The van der Waals surface area contributed by atoms with E-state index in [9.17, 15) is 9.50 Å². The summed E-state index contributed by atoms with van der Waals surface area (Å²) in [4.78, 5) is 6.68. The first-order valence-electron chi connectivity index (χ1n) is 7.73. The number of benzene rings is 1. The Hall–Kier alpha value is -0.540. The third-order valence-corrected chi connectivity index (χ3v) is 4.50. The van der Waals surface area contributed by atoms with Crippen LogP contribution < -0.4 is 5.32 Å². The van der Waals surface area contributed by atoms with E-state index in [4.69, 9.17) is 0 Å². The summed E-state index contributed by atoms with van der Waals surface area (Å²) in [6.45, 7) is 5.03. The molecule has 7 heteroatoms. The normalized spacial score (nSPS) is 18.0. The van der Waals surface area contributed by atoms with Gasteiger partial charge in [0, 0.05) is 31.1 Å². The lowest BCUT2D eigenvalue weighted by Gasteiger charge is -2.20. The maximum atomic E-state index is 13.5. The Kier molecular flexibility index (Phi) is 9.89. The molecule has 2 rings (SSSR count). The molecular formula is C16H25FIN3OS. The van der Waals surface area contributed by atoms with Crippen molar-refractivity contribution in [3.63, 3.8) is 0 Å². The zero-order chi connectivity index (χ0) is 15.8. The van der Waals surface area contributed by atoms with Crippen LogP contribution >= 0.6 is 35.7 Å². The summed E-state index contributed by atoms with van der Waals surface area (Å²) < 4.78 is 13.5. The van der Waals surface area contributed by atoms with Crippen molar-refractivity contribution in [3.8, 4) is 0 Å². The number of β-amino-alcohol motifs (C(OH)–C–C–N with tert-alkyl or cyclic N) is 1. The average Bonchev–Trinajstić information content (AvgIpc) is 2.94. The van der Waals surface area contributed by atoms with E-state index in [0.717, 1.165) is 36.8 Å². The Balaban J connectivity index is 0.00000264. The molecular weight excluding hydrogens is 428 g/mol. The molecule has 0 radical (unpaired) electrons. The van der Waals surface area contributed by atoms with Gasteiger partial charge in [-0.2, -0.15) is 11.8 Å². The van der Waals surface area contributed by atoms with Crippen LogP contribution in [-0.4, -0.2) is 54.0 Å². The minimum absolute atomic E-state index is 0. The monoisotopic (exact) mass is 453 g/mol. The van der Waals surface area contributed by atoms with Crippen LogP contribution in [0, 0.1) is 5.82 Å². The van der Waals surface area contributed by atoms with Crippen LogP contribution in [0.2, 0.25) is 0 Å². The minimum atomic E-state index is -0.251. The zero-order valence-electron chi connectivity index (χ0n) is 13.4. The summed E-state index contributed by atoms with van der Waals surface area (Å²) in [5.41, 5.74) is 0.742. The van der Waals surface area contributed by atoms with Gasteiger partial charge in [0.05, 0.1) is 12.6 Å². The smallest absolute Gasteiger partial charge is 0.194 e. The molecule has 1 aromatic carbocycles. The van der Waals surface area contributed by atoms with Gasteiger partial charge < -0.3 is 15.3 Å². The lowest BCUT2D eigenvalue weighted by molar-refractivity contribution is 0.188. The lowest BCUT2D eigenvalue weighted by atomic mass is 10.2. The zero-order valence-corrected chi connectivity index (χ0v) is 16.5. The van der Waals surface area contributed by atoms with Gasteiger partial charge in [-0.25, -0.2) is 4.39 Å². The number of guanidine groups is 1. The Morgan fingerprint density at radius 2 is 2.26 bits per heavy atom. The van der Waals surface area contributed by atoms with Crippen molar-refractivity contribution in [1.82, 2.24) is 10.2 Å². The number of aliphatic hydroxyl groups is 1. The second-order valence-corrected chi connectivity index (χ2v) is 6.37. The predicted molar refractivity (Wildman–Crippen MR) is 106 cm³/mol. The molecule has 2 N–H and O–H groups in total. The van der Waals surface area contributed by atoms with Gasteiger partial charge in [0.25, 0.3) is 0 Å². The van der Waals surface area contributed by atoms with Gasteiger partial charge in [-0.3, -0.25) is 4.99 Å². The molecule has 1 heterocycles. The highest BCUT2D eigenvalue weighted by atomic mass is 127. The van der Waals surface area contributed by atoms with Crippen LogP contribution in [0.25, 0.3) is 0 Å². The number of likely N-dealkylation sites (tertiary alicyclic amines) is 1. The molecule has 1 atom stereocenters. The number of aliphatic hydroxyl groups excluding tert-OH is 1. The Labute approximate surface area is 159 Å². The summed E-state index contributed by atoms with van der Waals surface area (Å²) in [6.07, 6.45) is 0.547. The van der Waals surface area contributed by atoms with Crippen LogP contribution in [0.15, 0.2) is 29.3 Å². The maximum Gasteiger partial charge on any atom is 0.194 e. The number of nitrogens with zero attached hydrogens (tertiary/aromatic N) is 2. The molecule has 1 aromatic rings. The van der Waals surface area contributed by atoms with Gasteiger partial charge in [-0.05, 0) is 25.0 Å². The summed E-state index contributed by atoms with van der Waals surface area (Å²) >= 11 is 1.68. The third kappa shape index (κ3) is 6.84. The van der Waals surface area contributed by atoms with Gasteiger partial charge in [0.15, 0.2) is 5.96 Å². The van der Waals surface area contributed by atoms with Crippen LogP contribution in [-0.2, 0) is 5.75 Å². The topological polar surface area (TPSA) is 47.9 Å². The summed E-state index contributed by atoms with van der Waals surface area (Å²) in [7, 11) is 0. The van der Waals surface area contributed by atoms with Crippen molar-refractivity contribution < 1.29 is 9.50 Å². The molecule has 1 aliphatic heterocycles. The van der Waals surface area contributed by atoms with Crippen LogP contribution in [0.3, 0.4) is 0 Å². The van der Waals surface area contributed by atoms with Crippen molar-refractivity contribution >= 4 is 41.7 Å². The fraction of sp³-hybridized carbons (Fsp3) is 0.562. The molecule has 0 aromatic heterocycles. The number of halogens is 2. The molecule has 23 heavy (non-hydrogen) atoms. The number of nitrogens with one attached hydrogen (secondary N) is 1. The van der Waals surface area contributed by atoms with E-state index < -0.39 is 0 Å². The molecule has 0 spiro atoms. The molecule has 4 nitrogen and oxygen atoms in total. The first-order valence-corrected chi connectivity index (χ1v) is 8.88. The summed E-state index contributed by atoms with van der Waals surface area (Å²) in [6, 6.07) is 6.89. The Bertz CT molecular complexity index is 504. The predicted octanol–water partition coefficient (Wildman–Crippen LogP) is 2.71. The van der Waals surface area contributed by atoms with Crippen LogP contribution in [0.5, 0.6) is 0 Å². The Morgan fingerprint density at radius 1 is 1.48 bits per heavy atom. The van der Waals surface area contributed by atoms with Gasteiger partial charge in [-0.15, -0.1) is 24.0 Å². The number of rotatable bonds is 6. The average molecular weight is 453 g/mol. The fourth-order valence-corrected chi connectivity index (χ4v) is 3.19. The van der Waals surface area contributed by atoms with Crippen molar-refractivity contribution in [2.45, 2.75) is 25.2 Å². The summed E-state index contributed by atoms with van der Waals surface area (Å²) in [5.74, 6) is 2.24. The quantitative estimate of drug-likeness (QED) is 0.301. The highest BCUT2D eigenvalue weighted by Crippen LogP contribution is 2.15. The molecule has 0 aliphatic carbocycles. The first kappa shape index (κ1) is 20.5. The molecule has 1 aliphatic rings. The Morgan fingerprint density at radius 3 is 2.91 bits per heavy atom. The second-order valence-electron chi connectivity index (χ2n) is 5.27. The lowest BCUT2D eigenvalue weighted by Crippen LogP contribution is -2.40. The van der Waals surface area contributed by atoms with E-state index >= 15 is 0 Å². The van der Waals surface area contributed by atoms with Gasteiger partial charge in [-0.1, -0.05) is 18.2 Å². The van der Waals surface area contributed by atoms with Crippen molar-refractivity contribution in [2.24, 2.45) is 4.99 Å². The molecule has 1 saturated heterocycles. The molecule has 130 valence electrons. The van der Waals surface area contributed by atoms with E-state index in [1.54, 1.807) is 17.8 Å². The van der Waals surface area contributed by atoms with Gasteiger partial charge >= 0.3 is 0 Å². The van der Waals surface area contributed by atoms with E-state index in [2.05, 4.69) is 15.2 Å². The first-order chi connectivity index (χ1) is 10.7. The fourth-order valence-electron chi connectivity index (χ4n) is 2.37. The SMILES string of the molecule is CCNC(=NCCSCc1ccccc1F)N1CC[C@@H](O)C1.I. The van der Waals surface area contributed by atoms with E-state index in [1.807, 2.05) is 19.1 Å². The maximum absolute atomic E-state index is 13.5. The van der Waals surface area contributed by atoms with Crippen molar-refractivity contribution in [3.05, 3.63) is 35.6 Å². The highest BCUT2D eigenvalue weighted by molar-refractivity contribution is 14.0. The molecule has 0 unspecified atom stereocenters. The van der Waals surface area contributed by atoms with Gasteiger partial charge in [0.1, 0.15) is 5.82 Å². The molecule has 0 amide bonds. The van der Waals surface area contributed by atoms with E-state index in [1.165, 1.54) is 6.07 Å². The number of aliphatic imine (C=N–C) groups is 1. The second kappa shape index (κ2) is 11.1. The van der Waals surface area contributed by atoms with E-state index in [-0.39, 0.29) is 35.9 Å². The van der Waals surface area contributed by atoms with Crippen LogP contribution in [0.4, 0.5) is 4.39 Å². The molecule has 1 fully saturated rings. The number of hydrogen-bond acceptors (Lipinski definition) is 3. The standard InChI is InChI=1S/C16H24FN3OS.HI/c1-2-18-16(20-9-7-14(21)11-20)19-8-10-22-12-13-5-3-4-6-15(13)17;/h3-6,14,21H,2,7-12H2,1H3,(H,18,19);1H/t14-;/m1./s1. The third-order valence-electron chi connectivity index (χ3n) is 3.51. The highest BCUT2D eigenvalue weighted by Gasteiger charge is 2.22. The molecule has 0 bridgehead atoms. The van der Waals surface area contributed by atoms with Gasteiger partial charge in [0.2, 0.25) is 0 Å². The van der Waals surface area contributed by atoms with Crippen LogP contribution in [0.1, 0.15) is 18.9 Å². The minimum Gasteiger partial charge on any atom is -0.391 e. The van der Waals surface area contributed by atoms with Crippen molar-refractivity contribution in [1.29, 1.82) is 0 Å². The number of thioether (sulfide) groups is 1. The largest absolute Gasteiger partial charge is 0.391 e. The molecule has 0 saturated carbocycles. The number of hydrogen-bond donors (Lipinski definition) is 2. The van der Waals surface area contributed by atoms with E-state index in [0.29, 0.717) is 18.8 Å². The van der Waals surface area contributed by atoms with Crippen molar-refractivity contribution in [2.75, 3.05) is 31.9 Å².